The van der Waals surface area contributed by atoms with E-state index in [1.165, 1.54) is 38.5 Å². The summed E-state index contributed by atoms with van der Waals surface area (Å²) in [7, 11) is 3.03. The van der Waals surface area contributed by atoms with Gasteiger partial charge in [-0.2, -0.15) is 13.2 Å². The van der Waals surface area contributed by atoms with Crippen LogP contribution in [0.3, 0.4) is 0 Å². The Balaban J connectivity index is 2.27. The number of rotatable bonds is 6. The number of hydrogen-bond donors (Lipinski definition) is 1. The zero-order valence-electron chi connectivity index (χ0n) is 15.3. The van der Waals surface area contributed by atoms with Crippen LogP contribution < -0.4 is 14.8 Å². The molecule has 0 bridgehead atoms. The van der Waals surface area contributed by atoms with Gasteiger partial charge in [0, 0.05) is 4.90 Å². The fourth-order valence-corrected chi connectivity index (χ4v) is 3.35. The molecule has 1 N–H and O–H groups in total. The highest BCUT2D eigenvalue weighted by atomic mass is 32.2. The van der Waals surface area contributed by atoms with Crippen LogP contribution in [0.15, 0.2) is 41.3 Å². The maximum atomic E-state index is 12.7. The number of benzene rings is 2. The second kappa shape index (κ2) is 8.56. The van der Waals surface area contributed by atoms with Crippen LogP contribution in [0, 0.1) is 6.92 Å². The van der Waals surface area contributed by atoms with E-state index in [9.17, 15) is 18.0 Å². The number of carbonyl (C=O) groups excluding carboxylic acids is 1. The lowest BCUT2D eigenvalue weighted by molar-refractivity contribution is -0.0328. The summed E-state index contributed by atoms with van der Waals surface area (Å²) in [6.07, 6.45) is 0. The molecule has 0 aliphatic rings. The first-order valence-corrected chi connectivity index (χ1v) is 8.86. The number of aryl methyl sites for hydroxylation is 1. The number of ether oxygens (including phenoxy) is 2. The molecule has 0 aliphatic heterocycles. The van der Waals surface area contributed by atoms with Gasteiger partial charge in [-0.1, -0.05) is 12.1 Å². The number of nitrogens with one attached hydrogen (secondary N) is 1. The Morgan fingerprint density at radius 1 is 1.11 bits per heavy atom. The van der Waals surface area contributed by atoms with Gasteiger partial charge in [0.2, 0.25) is 0 Å². The molecule has 8 heteroatoms. The van der Waals surface area contributed by atoms with Gasteiger partial charge >= 0.3 is 5.51 Å². The molecular formula is C19H20F3NO3S. The first-order chi connectivity index (χ1) is 12.7. The highest BCUT2D eigenvalue weighted by Gasteiger charge is 2.31. The zero-order chi connectivity index (χ0) is 20.2. The van der Waals surface area contributed by atoms with Gasteiger partial charge in [0.05, 0.1) is 25.8 Å². The summed E-state index contributed by atoms with van der Waals surface area (Å²) >= 11 is -0.305. The first kappa shape index (κ1) is 21.0. The van der Waals surface area contributed by atoms with Crippen LogP contribution >= 0.6 is 11.8 Å². The fourth-order valence-electron chi connectivity index (χ4n) is 2.68. The van der Waals surface area contributed by atoms with Crippen molar-refractivity contribution in [2.75, 3.05) is 14.2 Å². The van der Waals surface area contributed by atoms with E-state index in [0.29, 0.717) is 11.5 Å². The molecule has 1 amide bonds. The Labute approximate surface area is 160 Å². The minimum Gasteiger partial charge on any atom is -0.493 e. The molecule has 4 nitrogen and oxygen atoms in total. The van der Waals surface area contributed by atoms with E-state index in [0.717, 1.165) is 11.1 Å². The monoisotopic (exact) mass is 399 g/mol. The number of thioether (sulfide) groups is 1. The predicted octanol–water partition coefficient (Wildman–Crippen LogP) is 5.12. The fraction of sp³-hybridized carbons (Fsp3) is 0.316. The van der Waals surface area contributed by atoms with Crippen LogP contribution in [-0.4, -0.2) is 25.6 Å². The van der Waals surface area contributed by atoms with E-state index in [2.05, 4.69) is 5.32 Å². The highest BCUT2D eigenvalue weighted by molar-refractivity contribution is 8.00. The largest absolute Gasteiger partial charge is 0.493 e. The second-order valence-corrected chi connectivity index (χ2v) is 6.91. The van der Waals surface area contributed by atoms with Crippen molar-refractivity contribution < 1.29 is 27.4 Å². The maximum absolute atomic E-state index is 12.7. The van der Waals surface area contributed by atoms with Crippen molar-refractivity contribution in [3.05, 3.63) is 53.1 Å². The van der Waals surface area contributed by atoms with E-state index in [-0.39, 0.29) is 22.2 Å². The van der Waals surface area contributed by atoms with E-state index < -0.39 is 17.5 Å². The van der Waals surface area contributed by atoms with Gasteiger partial charge in [-0.15, -0.1) is 0 Å². The van der Waals surface area contributed by atoms with E-state index in [4.69, 9.17) is 9.47 Å². The van der Waals surface area contributed by atoms with Gasteiger partial charge in [0.15, 0.2) is 11.5 Å². The van der Waals surface area contributed by atoms with Crippen molar-refractivity contribution in [2.24, 2.45) is 0 Å². The lowest BCUT2D eigenvalue weighted by Gasteiger charge is -2.20. The standard InChI is InChI=1S/C19H20F3NO3S/c1-11-9-15(25-3)16(26-4)10-14(11)12(2)23-18(24)13-7-5-6-8-17(13)27-19(20,21)22/h5-10,12H,1-4H3,(H,23,24)/t12-/m0/s1. The van der Waals surface area contributed by atoms with Crippen LogP contribution in [0.4, 0.5) is 13.2 Å². The first-order valence-electron chi connectivity index (χ1n) is 8.04. The zero-order valence-corrected chi connectivity index (χ0v) is 16.1. The van der Waals surface area contributed by atoms with E-state index in [1.54, 1.807) is 19.1 Å². The number of methoxy groups -OCH3 is 2. The number of carbonyl (C=O) groups is 1. The third-order valence-electron chi connectivity index (χ3n) is 3.94. The normalized spacial score (nSPS) is 12.4. The quantitative estimate of drug-likeness (QED) is 0.686. The summed E-state index contributed by atoms with van der Waals surface area (Å²) < 4.78 is 48.7. The molecule has 0 fully saturated rings. The molecule has 2 aromatic carbocycles. The van der Waals surface area contributed by atoms with E-state index in [1.807, 2.05) is 6.92 Å². The van der Waals surface area contributed by atoms with E-state index >= 15 is 0 Å². The summed E-state index contributed by atoms with van der Waals surface area (Å²) in [5, 5.41) is 2.75. The summed E-state index contributed by atoms with van der Waals surface area (Å²) in [6.45, 7) is 3.61. The molecule has 146 valence electrons. The van der Waals surface area contributed by atoms with Crippen molar-refractivity contribution in [1.29, 1.82) is 0 Å². The van der Waals surface area contributed by atoms with Crippen LogP contribution in [0.5, 0.6) is 11.5 Å². The lowest BCUT2D eigenvalue weighted by atomic mass is 10.0. The predicted molar refractivity (Wildman–Crippen MR) is 98.5 cm³/mol. The Hall–Kier alpha value is -2.35. The van der Waals surface area contributed by atoms with Gasteiger partial charge in [-0.05, 0) is 61.0 Å². The molecule has 0 unspecified atom stereocenters. The molecule has 2 rings (SSSR count). The molecule has 0 spiro atoms. The average Bonchev–Trinajstić information content (AvgIpc) is 2.60. The number of alkyl halides is 3. The Morgan fingerprint density at radius 3 is 2.30 bits per heavy atom. The van der Waals surface area contributed by atoms with Gasteiger partial charge in [0.25, 0.3) is 5.91 Å². The summed E-state index contributed by atoms with van der Waals surface area (Å²) in [6, 6.07) is 8.73. The van der Waals surface area contributed by atoms with Crippen molar-refractivity contribution >= 4 is 17.7 Å². The van der Waals surface area contributed by atoms with Crippen LogP contribution in [0.25, 0.3) is 0 Å². The summed E-state index contributed by atoms with van der Waals surface area (Å²) in [5.41, 5.74) is -2.85. The second-order valence-electron chi connectivity index (χ2n) is 5.80. The Kier molecular flexibility index (Phi) is 6.64. The Bertz CT molecular complexity index is 824. The smallest absolute Gasteiger partial charge is 0.446 e. The summed E-state index contributed by atoms with van der Waals surface area (Å²) in [4.78, 5) is 12.4. The highest BCUT2D eigenvalue weighted by Crippen LogP contribution is 2.38. The topological polar surface area (TPSA) is 47.6 Å². The molecule has 0 saturated heterocycles. The molecule has 1 atom stereocenters. The van der Waals surface area contributed by atoms with Crippen LogP contribution in [0.2, 0.25) is 0 Å². The number of hydrogen-bond acceptors (Lipinski definition) is 4. The molecule has 2 aromatic rings. The minimum atomic E-state index is -4.47. The molecule has 0 saturated carbocycles. The van der Waals surface area contributed by atoms with Crippen LogP contribution in [-0.2, 0) is 0 Å². The van der Waals surface area contributed by atoms with Crippen molar-refractivity contribution in [2.45, 2.75) is 30.3 Å². The van der Waals surface area contributed by atoms with Gasteiger partial charge in [-0.25, -0.2) is 0 Å². The molecule has 0 heterocycles. The molecule has 0 aliphatic carbocycles. The minimum absolute atomic E-state index is 0.0233. The number of halogens is 3. The molecular weight excluding hydrogens is 379 g/mol. The van der Waals surface area contributed by atoms with Crippen molar-refractivity contribution in [3.8, 4) is 11.5 Å². The van der Waals surface area contributed by atoms with Gasteiger partial charge in [0.1, 0.15) is 0 Å². The average molecular weight is 399 g/mol. The lowest BCUT2D eigenvalue weighted by Crippen LogP contribution is -2.27. The van der Waals surface area contributed by atoms with Crippen LogP contribution in [0.1, 0.15) is 34.5 Å². The van der Waals surface area contributed by atoms with Crippen molar-refractivity contribution in [3.63, 3.8) is 0 Å². The molecule has 0 aromatic heterocycles. The molecule has 0 radical (unpaired) electrons. The van der Waals surface area contributed by atoms with Gasteiger partial charge in [-0.3, -0.25) is 4.79 Å². The SMILES string of the molecule is COc1cc(C)c([C@H](C)NC(=O)c2ccccc2SC(F)(F)F)cc1OC. The number of amides is 1. The van der Waals surface area contributed by atoms with Crippen molar-refractivity contribution in [1.82, 2.24) is 5.32 Å². The summed E-state index contributed by atoms with van der Waals surface area (Å²) in [5.74, 6) is 0.487. The third kappa shape index (κ3) is 5.32. The maximum Gasteiger partial charge on any atom is 0.446 e. The van der Waals surface area contributed by atoms with Gasteiger partial charge < -0.3 is 14.8 Å². The molecule has 27 heavy (non-hydrogen) atoms. The Morgan fingerprint density at radius 2 is 1.70 bits per heavy atom. The third-order valence-corrected chi connectivity index (χ3v) is 4.75.